The maximum atomic E-state index is 10.7. The van der Waals surface area contributed by atoms with Crippen molar-refractivity contribution in [3.8, 4) is 0 Å². The summed E-state index contributed by atoms with van der Waals surface area (Å²) in [6, 6.07) is 0. The Morgan fingerprint density at radius 3 is 2.77 bits per heavy atom. The predicted molar refractivity (Wildman–Crippen MR) is 49.8 cm³/mol. The number of hydrogen-bond donors (Lipinski definition) is 1. The molecule has 13 heavy (non-hydrogen) atoms. The average molecular weight is 185 g/mol. The van der Waals surface area contributed by atoms with Gasteiger partial charge in [0, 0.05) is 6.54 Å². The Kier molecular flexibility index (Phi) is 3.25. The Bertz CT molecular complexity index is 228. The Morgan fingerprint density at radius 1 is 1.69 bits per heavy atom. The summed E-state index contributed by atoms with van der Waals surface area (Å²) in [5.41, 5.74) is 1.11. The lowest BCUT2D eigenvalue weighted by molar-refractivity contribution is -0.429. The van der Waals surface area contributed by atoms with E-state index in [2.05, 4.69) is 5.32 Å². The van der Waals surface area contributed by atoms with E-state index in [1.54, 1.807) is 0 Å². The minimum absolute atomic E-state index is 0.284. The lowest BCUT2D eigenvalue weighted by Crippen LogP contribution is -2.23. The molecule has 1 N–H and O–H groups in total. The van der Waals surface area contributed by atoms with Gasteiger partial charge in [0.05, 0.1) is 17.2 Å². The average Bonchev–Trinajstić information content (AvgIpc) is 2.50. The zero-order valence-corrected chi connectivity index (χ0v) is 8.04. The van der Waals surface area contributed by atoms with Gasteiger partial charge in [-0.2, -0.15) is 0 Å². The molecule has 5 heteroatoms. The zero-order valence-electron chi connectivity index (χ0n) is 8.04. The molecule has 0 unspecified atom stereocenters. The Balaban J connectivity index is 2.76. The fraction of sp³-hybridized carbons (Fsp3) is 0.750. The first-order valence-electron chi connectivity index (χ1n) is 4.36. The van der Waals surface area contributed by atoms with Gasteiger partial charge in [0.25, 0.3) is 5.70 Å². The van der Waals surface area contributed by atoms with Crippen molar-refractivity contribution in [1.82, 2.24) is 10.2 Å². The van der Waals surface area contributed by atoms with Gasteiger partial charge in [-0.05, 0) is 26.9 Å². The van der Waals surface area contributed by atoms with Crippen molar-refractivity contribution < 1.29 is 4.92 Å². The minimum atomic E-state index is -0.284. The van der Waals surface area contributed by atoms with E-state index in [0.29, 0.717) is 12.2 Å². The highest BCUT2D eigenvalue weighted by molar-refractivity contribution is 5.10. The molecule has 0 radical (unpaired) electrons. The number of likely N-dealkylation sites (N-methyl/N-ethyl adjacent to an activating group) is 1. The van der Waals surface area contributed by atoms with Crippen LogP contribution in [-0.4, -0.2) is 37.0 Å². The fourth-order valence-electron chi connectivity index (χ4n) is 1.40. The molecular weight excluding hydrogens is 170 g/mol. The van der Waals surface area contributed by atoms with Gasteiger partial charge in [0.1, 0.15) is 0 Å². The first kappa shape index (κ1) is 9.98. The molecule has 0 spiro atoms. The van der Waals surface area contributed by atoms with E-state index in [-0.39, 0.29) is 4.92 Å². The summed E-state index contributed by atoms with van der Waals surface area (Å²) >= 11 is 0. The fourth-order valence-corrected chi connectivity index (χ4v) is 1.40. The van der Waals surface area contributed by atoms with E-state index in [0.717, 1.165) is 25.1 Å². The monoisotopic (exact) mass is 185 g/mol. The first-order chi connectivity index (χ1) is 6.11. The standard InChI is InChI=1S/C8H15N3O2/c1-10(2)6-8(11(12)13)7-4-3-5-9-7/h9H,3-6H2,1-2H3/b8-7+. The maximum absolute atomic E-state index is 10.7. The molecule has 1 aliphatic rings. The second-order valence-corrected chi connectivity index (χ2v) is 3.45. The van der Waals surface area contributed by atoms with Crippen LogP contribution >= 0.6 is 0 Å². The van der Waals surface area contributed by atoms with Gasteiger partial charge < -0.3 is 5.32 Å². The van der Waals surface area contributed by atoms with Crippen molar-refractivity contribution in [2.24, 2.45) is 0 Å². The van der Waals surface area contributed by atoms with Crippen molar-refractivity contribution >= 4 is 0 Å². The van der Waals surface area contributed by atoms with E-state index >= 15 is 0 Å². The van der Waals surface area contributed by atoms with Crippen LogP contribution in [0.5, 0.6) is 0 Å². The number of rotatable bonds is 3. The third-order valence-electron chi connectivity index (χ3n) is 1.98. The summed E-state index contributed by atoms with van der Waals surface area (Å²) in [6.07, 6.45) is 1.81. The zero-order chi connectivity index (χ0) is 9.84. The highest BCUT2D eigenvalue weighted by atomic mass is 16.6. The van der Waals surface area contributed by atoms with Crippen molar-refractivity contribution in [2.45, 2.75) is 12.8 Å². The van der Waals surface area contributed by atoms with Crippen LogP contribution in [0.15, 0.2) is 11.4 Å². The first-order valence-corrected chi connectivity index (χ1v) is 4.36. The summed E-state index contributed by atoms with van der Waals surface area (Å²) in [7, 11) is 3.66. The second-order valence-electron chi connectivity index (χ2n) is 3.45. The number of hydrogen-bond acceptors (Lipinski definition) is 4. The molecule has 5 nitrogen and oxygen atoms in total. The number of nitrogens with one attached hydrogen (secondary N) is 1. The summed E-state index contributed by atoms with van der Waals surface area (Å²) in [6.45, 7) is 1.26. The Morgan fingerprint density at radius 2 is 2.38 bits per heavy atom. The number of nitrogens with zero attached hydrogens (tertiary/aromatic N) is 2. The van der Waals surface area contributed by atoms with Crippen LogP contribution in [0.1, 0.15) is 12.8 Å². The normalized spacial score (nSPS) is 20.2. The highest BCUT2D eigenvalue weighted by Crippen LogP contribution is 2.14. The van der Waals surface area contributed by atoms with Gasteiger partial charge in [-0.3, -0.25) is 15.0 Å². The van der Waals surface area contributed by atoms with Crippen molar-refractivity contribution in [3.05, 3.63) is 21.5 Å². The third-order valence-corrected chi connectivity index (χ3v) is 1.98. The molecular formula is C8H15N3O2. The molecule has 1 saturated heterocycles. The Hall–Kier alpha value is -1.10. The summed E-state index contributed by atoms with van der Waals surface area (Å²) in [5, 5.41) is 13.8. The summed E-state index contributed by atoms with van der Waals surface area (Å²) in [4.78, 5) is 12.2. The van der Waals surface area contributed by atoms with E-state index in [1.165, 1.54) is 0 Å². The van der Waals surface area contributed by atoms with E-state index in [9.17, 15) is 10.1 Å². The van der Waals surface area contributed by atoms with Crippen molar-refractivity contribution in [3.63, 3.8) is 0 Å². The summed E-state index contributed by atoms with van der Waals surface area (Å²) < 4.78 is 0. The van der Waals surface area contributed by atoms with E-state index in [4.69, 9.17) is 0 Å². The van der Waals surface area contributed by atoms with Crippen LogP contribution in [0.3, 0.4) is 0 Å². The molecule has 1 heterocycles. The molecule has 0 aromatic carbocycles. The van der Waals surface area contributed by atoms with Crippen LogP contribution in [0.4, 0.5) is 0 Å². The molecule has 0 bridgehead atoms. The van der Waals surface area contributed by atoms with Gasteiger partial charge in [0.2, 0.25) is 0 Å². The quantitative estimate of drug-likeness (QED) is 0.511. The molecule has 1 aliphatic heterocycles. The number of allylic oxidation sites excluding steroid dienone is 1. The molecule has 0 saturated carbocycles. The lowest BCUT2D eigenvalue weighted by Gasteiger charge is -2.09. The molecule has 1 fully saturated rings. The third kappa shape index (κ3) is 2.69. The summed E-state index contributed by atoms with van der Waals surface area (Å²) in [5.74, 6) is 0. The van der Waals surface area contributed by atoms with E-state index < -0.39 is 0 Å². The molecule has 0 atom stereocenters. The van der Waals surface area contributed by atoms with Crippen LogP contribution in [-0.2, 0) is 0 Å². The van der Waals surface area contributed by atoms with Gasteiger partial charge in [-0.1, -0.05) is 0 Å². The van der Waals surface area contributed by atoms with Crippen molar-refractivity contribution in [2.75, 3.05) is 27.2 Å². The molecule has 0 aromatic rings. The molecule has 1 rings (SSSR count). The van der Waals surface area contributed by atoms with Crippen molar-refractivity contribution in [1.29, 1.82) is 0 Å². The smallest absolute Gasteiger partial charge is 0.278 e. The topological polar surface area (TPSA) is 58.4 Å². The molecule has 0 aromatic heterocycles. The lowest BCUT2D eigenvalue weighted by atomic mass is 10.2. The van der Waals surface area contributed by atoms with Gasteiger partial charge >= 0.3 is 0 Å². The largest absolute Gasteiger partial charge is 0.383 e. The van der Waals surface area contributed by atoms with Crippen LogP contribution < -0.4 is 5.32 Å². The number of nitro groups is 1. The molecule has 74 valence electrons. The second kappa shape index (κ2) is 4.23. The van der Waals surface area contributed by atoms with Crippen LogP contribution in [0, 0.1) is 10.1 Å². The molecule has 0 amide bonds. The maximum Gasteiger partial charge on any atom is 0.278 e. The van der Waals surface area contributed by atoms with Gasteiger partial charge in [-0.25, -0.2) is 0 Å². The van der Waals surface area contributed by atoms with Gasteiger partial charge in [0.15, 0.2) is 0 Å². The predicted octanol–water partition coefficient (Wildman–Crippen LogP) is 0.420. The molecule has 0 aliphatic carbocycles. The minimum Gasteiger partial charge on any atom is -0.383 e. The highest BCUT2D eigenvalue weighted by Gasteiger charge is 2.21. The van der Waals surface area contributed by atoms with Crippen LogP contribution in [0.2, 0.25) is 0 Å². The Labute approximate surface area is 77.6 Å². The van der Waals surface area contributed by atoms with E-state index in [1.807, 2.05) is 19.0 Å². The SMILES string of the molecule is CN(C)C/C(=C1/CCCN1)[N+](=O)[O-]. The van der Waals surface area contributed by atoms with Gasteiger partial charge in [-0.15, -0.1) is 0 Å². The van der Waals surface area contributed by atoms with Crippen LogP contribution in [0.25, 0.3) is 0 Å².